The molecule has 4 heteroatoms. The highest BCUT2D eigenvalue weighted by molar-refractivity contribution is 6.30. The number of aliphatic hydroxyl groups excluding tert-OH is 1. The van der Waals surface area contributed by atoms with Crippen molar-refractivity contribution in [3.63, 3.8) is 0 Å². The lowest BCUT2D eigenvalue weighted by molar-refractivity contribution is 0.0342. The van der Waals surface area contributed by atoms with E-state index in [9.17, 15) is 5.11 Å². The van der Waals surface area contributed by atoms with Crippen LogP contribution in [0, 0.1) is 5.92 Å². The molecule has 0 heterocycles. The lowest BCUT2D eigenvalue weighted by atomic mass is 10.0. The summed E-state index contributed by atoms with van der Waals surface area (Å²) < 4.78 is 0. The van der Waals surface area contributed by atoms with Crippen molar-refractivity contribution in [1.82, 2.24) is 0 Å². The van der Waals surface area contributed by atoms with E-state index < -0.39 is 6.10 Å². The Hall–Kier alpha value is -1.32. The first-order valence-electron chi connectivity index (χ1n) is 10.3. The van der Waals surface area contributed by atoms with Crippen molar-refractivity contribution in [3.05, 3.63) is 40.9 Å². The van der Waals surface area contributed by atoms with Crippen LogP contribution in [-0.4, -0.2) is 23.5 Å². The summed E-state index contributed by atoms with van der Waals surface area (Å²) in [5.74, 6) is 0.604. The quantitative estimate of drug-likeness (QED) is 0.212. The van der Waals surface area contributed by atoms with E-state index in [2.05, 4.69) is 25.9 Å². The summed E-state index contributed by atoms with van der Waals surface area (Å²) in [5.41, 5.74) is 1.97. The summed E-state index contributed by atoms with van der Waals surface area (Å²) in [6.45, 7) is 6.86. The molecule has 1 aromatic carbocycles. The lowest BCUT2D eigenvalue weighted by Crippen LogP contribution is -2.14. The zero-order valence-electron chi connectivity index (χ0n) is 17.2. The van der Waals surface area contributed by atoms with Crippen molar-refractivity contribution < 1.29 is 9.94 Å². The maximum atomic E-state index is 10.0. The molecule has 0 amide bonds. The zero-order chi connectivity index (χ0) is 19.9. The first-order valence-corrected chi connectivity index (χ1v) is 10.7. The van der Waals surface area contributed by atoms with Gasteiger partial charge < -0.3 is 9.94 Å². The van der Waals surface area contributed by atoms with Gasteiger partial charge in [0.15, 0.2) is 0 Å². The second kappa shape index (κ2) is 14.7. The Morgan fingerprint density at radius 3 is 2.48 bits per heavy atom. The molecule has 1 aromatic rings. The van der Waals surface area contributed by atoms with Crippen LogP contribution in [0.3, 0.4) is 0 Å². The Kier molecular flexibility index (Phi) is 12.9. The van der Waals surface area contributed by atoms with Crippen molar-refractivity contribution in [3.8, 4) is 0 Å². The van der Waals surface area contributed by atoms with Gasteiger partial charge >= 0.3 is 0 Å². The Morgan fingerprint density at radius 2 is 1.81 bits per heavy atom. The van der Waals surface area contributed by atoms with E-state index in [-0.39, 0.29) is 6.61 Å². The minimum atomic E-state index is -0.443. The molecule has 0 saturated heterocycles. The molecule has 3 nitrogen and oxygen atoms in total. The molecular weight excluding hydrogens is 358 g/mol. The minimum absolute atomic E-state index is 0.258. The number of nitrogens with zero attached hydrogens (tertiary/aromatic N) is 1. The molecule has 1 N–H and O–H groups in total. The van der Waals surface area contributed by atoms with Gasteiger partial charge in [-0.25, -0.2) is 0 Å². The summed E-state index contributed by atoms with van der Waals surface area (Å²) in [6.07, 6.45) is 12.2. The summed E-state index contributed by atoms with van der Waals surface area (Å²) in [5, 5.41) is 15.0. The molecule has 0 fully saturated rings. The average Bonchev–Trinajstić information content (AvgIpc) is 2.64. The van der Waals surface area contributed by atoms with Crippen molar-refractivity contribution in [2.24, 2.45) is 11.1 Å². The van der Waals surface area contributed by atoms with E-state index in [0.717, 1.165) is 42.0 Å². The van der Waals surface area contributed by atoms with Gasteiger partial charge in [-0.05, 0) is 49.0 Å². The highest BCUT2D eigenvalue weighted by Gasteiger charge is 2.05. The summed E-state index contributed by atoms with van der Waals surface area (Å²) in [6, 6.07) is 7.70. The van der Waals surface area contributed by atoms with E-state index in [1.54, 1.807) is 0 Å². The Labute approximate surface area is 170 Å². The van der Waals surface area contributed by atoms with Crippen LogP contribution in [0.15, 0.2) is 35.5 Å². The predicted molar refractivity (Wildman–Crippen MR) is 117 cm³/mol. The number of rotatable bonds is 14. The molecule has 0 aromatic heterocycles. The zero-order valence-corrected chi connectivity index (χ0v) is 17.9. The number of oxime groups is 1. The van der Waals surface area contributed by atoms with E-state index in [1.807, 2.05) is 36.4 Å². The third-order valence-electron chi connectivity index (χ3n) is 4.41. The van der Waals surface area contributed by atoms with Crippen LogP contribution in [0.25, 0.3) is 6.08 Å². The molecule has 1 rings (SSSR count). The molecule has 0 spiro atoms. The Balaban J connectivity index is 2.48. The fourth-order valence-corrected chi connectivity index (χ4v) is 2.76. The second-order valence-electron chi connectivity index (χ2n) is 7.55. The summed E-state index contributed by atoms with van der Waals surface area (Å²) >= 11 is 5.93. The highest BCUT2D eigenvalue weighted by Crippen LogP contribution is 2.12. The Bertz CT molecular complexity index is 552. The topological polar surface area (TPSA) is 41.8 Å². The van der Waals surface area contributed by atoms with E-state index in [4.69, 9.17) is 16.4 Å². The van der Waals surface area contributed by atoms with Crippen LogP contribution in [0.1, 0.15) is 77.7 Å². The van der Waals surface area contributed by atoms with Crippen molar-refractivity contribution in [1.29, 1.82) is 0 Å². The highest BCUT2D eigenvalue weighted by atomic mass is 35.5. The Morgan fingerprint density at radius 1 is 1.11 bits per heavy atom. The molecule has 0 aliphatic carbocycles. The minimum Gasteiger partial charge on any atom is -0.393 e. The summed E-state index contributed by atoms with van der Waals surface area (Å²) in [7, 11) is 0. The molecular formula is C23H36ClNO2. The molecule has 0 aliphatic heterocycles. The van der Waals surface area contributed by atoms with E-state index in [0.29, 0.717) is 5.92 Å². The van der Waals surface area contributed by atoms with Gasteiger partial charge in [0, 0.05) is 5.02 Å². The van der Waals surface area contributed by atoms with Gasteiger partial charge in [-0.15, -0.1) is 0 Å². The van der Waals surface area contributed by atoms with Crippen LogP contribution in [0.5, 0.6) is 0 Å². The maximum absolute atomic E-state index is 10.0. The molecule has 0 aliphatic rings. The van der Waals surface area contributed by atoms with Crippen LogP contribution in [0.4, 0.5) is 0 Å². The van der Waals surface area contributed by atoms with Crippen LogP contribution >= 0.6 is 11.6 Å². The van der Waals surface area contributed by atoms with Crippen molar-refractivity contribution in [2.75, 3.05) is 6.61 Å². The summed E-state index contributed by atoms with van der Waals surface area (Å²) in [4.78, 5) is 5.44. The fourth-order valence-electron chi connectivity index (χ4n) is 2.64. The number of benzene rings is 1. The normalized spacial score (nSPS) is 13.5. The number of aliphatic hydroxyl groups is 1. The number of allylic oxidation sites excluding steroid dienone is 1. The third kappa shape index (κ3) is 12.6. The van der Waals surface area contributed by atoms with E-state index in [1.165, 1.54) is 25.7 Å². The van der Waals surface area contributed by atoms with Crippen molar-refractivity contribution >= 4 is 23.4 Å². The molecule has 0 bridgehead atoms. The molecule has 0 radical (unpaired) electrons. The standard InChI is InChI=1S/C23H36ClNO2/c1-4-5-6-7-8-9-23(26)18-27-25-22(16-10-19(2)3)17-13-20-11-14-21(24)15-12-20/h11-15,17,19,23,26H,4-10,16,18H2,1-3H3/b17-13+,25-22+/t23-/m1/s1. The third-order valence-corrected chi connectivity index (χ3v) is 4.66. The molecule has 0 unspecified atom stereocenters. The smallest absolute Gasteiger partial charge is 0.143 e. The molecule has 1 atom stereocenters. The predicted octanol–water partition coefficient (Wildman–Crippen LogP) is 6.88. The first kappa shape index (κ1) is 23.7. The van der Waals surface area contributed by atoms with Gasteiger partial charge in [-0.2, -0.15) is 0 Å². The second-order valence-corrected chi connectivity index (χ2v) is 7.99. The molecule has 152 valence electrons. The maximum Gasteiger partial charge on any atom is 0.143 e. The monoisotopic (exact) mass is 393 g/mol. The number of unbranched alkanes of at least 4 members (excludes halogenated alkanes) is 4. The van der Waals surface area contributed by atoms with Gasteiger partial charge in [0.2, 0.25) is 0 Å². The fraction of sp³-hybridized carbons (Fsp3) is 0.609. The first-order chi connectivity index (χ1) is 13.0. The van der Waals surface area contributed by atoms with Crippen molar-refractivity contribution in [2.45, 2.75) is 78.2 Å². The number of hydrogen-bond acceptors (Lipinski definition) is 3. The van der Waals surface area contributed by atoms with Gasteiger partial charge in [0.1, 0.15) is 6.61 Å². The largest absolute Gasteiger partial charge is 0.393 e. The van der Waals surface area contributed by atoms with Gasteiger partial charge in [0.05, 0.1) is 11.8 Å². The average molecular weight is 394 g/mol. The molecule has 27 heavy (non-hydrogen) atoms. The van der Waals surface area contributed by atoms with E-state index >= 15 is 0 Å². The number of halogens is 1. The van der Waals surface area contributed by atoms with Gasteiger partial charge in [0.25, 0.3) is 0 Å². The van der Waals surface area contributed by atoms with Gasteiger partial charge in [-0.3, -0.25) is 0 Å². The molecule has 0 saturated carbocycles. The van der Waals surface area contributed by atoms with Gasteiger partial charge in [-0.1, -0.05) is 87.8 Å². The SMILES string of the molecule is CCCCCCC[C@@H](O)CO/N=C(/C=C/c1ccc(Cl)cc1)CCC(C)C. The number of hydrogen-bond donors (Lipinski definition) is 1. The van der Waals surface area contributed by atoms with Crippen LogP contribution in [0.2, 0.25) is 5.02 Å². The van der Waals surface area contributed by atoms with Crippen LogP contribution in [-0.2, 0) is 4.84 Å². The lowest BCUT2D eigenvalue weighted by Gasteiger charge is -2.10. The van der Waals surface area contributed by atoms with Crippen LogP contribution < -0.4 is 0 Å².